The molecule has 0 spiro atoms. The monoisotopic (exact) mass is 405 g/mol. The molecule has 0 aliphatic rings. The van der Waals surface area contributed by atoms with Crippen molar-refractivity contribution in [1.82, 2.24) is 9.78 Å². The van der Waals surface area contributed by atoms with Gasteiger partial charge in [-0.15, -0.1) is 0 Å². The molecule has 1 amide bonds. The zero-order chi connectivity index (χ0) is 21.7. The first kappa shape index (κ1) is 21.3. The summed E-state index contributed by atoms with van der Waals surface area (Å²) in [5, 5.41) is 7.41. The van der Waals surface area contributed by atoms with E-state index in [2.05, 4.69) is 10.4 Å². The van der Waals surface area contributed by atoms with E-state index in [0.717, 1.165) is 22.4 Å². The van der Waals surface area contributed by atoms with E-state index in [-0.39, 0.29) is 11.5 Å². The molecule has 0 bridgehead atoms. The van der Waals surface area contributed by atoms with E-state index in [1.54, 1.807) is 30.3 Å². The van der Waals surface area contributed by atoms with Crippen LogP contribution >= 0.6 is 0 Å². The van der Waals surface area contributed by atoms with Crippen LogP contribution in [0.3, 0.4) is 0 Å². The molecule has 3 aromatic rings. The van der Waals surface area contributed by atoms with Gasteiger partial charge in [0, 0.05) is 17.3 Å². The Morgan fingerprint density at radius 3 is 2.47 bits per heavy atom. The molecule has 6 heteroatoms. The number of carbonyl (C=O) groups is 1. The van der Waals surface area contributed by atoms with Crippen LogP contribution in [-0.4, -0.2) is 22.3 Å². The van der Waals surface area contributed by atoms with Crippen LogP contribution < -0.4 is 15.6 Å². The van der Waals surface area contributed by atoms with Gasteiger partial charge in [0.25, 0.3) is 5.56 Å². The van der Waals surface area contributed by atoms with Gasteiger partial charge in [-0.3, -0.25) is 9.59 Å². The highest BCUT2D eigenvalue weighted by Crippen LogP contribution is 2.23. The summed E-state index contributed by atoms with van der Waals surface area (Å²) in [6.45, 7) is 8.37. The van der Waals surface area contributed by atoms with Crippen LogP contribution in [0.1, 0.15) is 37.4 Å². The number of aromatic nitrogens is 2. The van der Waals surface area contributed by atoms with E-state index < -0.39 is 6.04 Å². The number of ether oxygens (including phenoxy) is 1. The molecule has 1 heterocycles. The Balaban J connectivity index is 1.89. The average molecular weight is 405 g/mol. The maximum Gasteiger partial charge on any atom is 0.267 e. The Morgan fingerprint density at radius 2 is 1.80 bits per heavy atom. The maximum absolute atomic E-state index is 12.9. The second kappa shape index (κ2) is 9.39. The van der Waals surface area contributed by atoms with Crippen LogP contribution in [0.15, 0.2) is 59.4 Å². The normalized spacial score (nSPS) is 11.7. The number of nitrogens with one attached hydrogen (secondary N) is 1. The molecule has 30 heavy (non-hydrogen) atoms. The smallest absolute Gasteiger partial charge is 0.267 e. The molecule has 1 atom stereocenters. The van der Waals surface area contributed by atoms with Gasteiger partial charge in [-0.2, -0.15) is 5.10 Å². The van der Waals surface area contributed by atoms with Crippen LogP contribution in [0.25, 0.3) is 11.3 Å². The van der Waals surface area contributed by atoms with Gasteiger partial charge in [0.1, 0.15) is 11.8 Å². The lowest BCUT2D eigenvalue weighted by Gasteiger charge is -2.18. The molecule has 0 unspecified atom stereocenters. The molecule has 1 aromatic heterocycles. The Hall–Kier alpha value is -3.41. The van der Waals surface area contributed by atoms with Crippen molar-refractivity contribution in [2.75, 3.05) is 11.9 Å². The number of amides is 1. The lowest BCUT2D eigenvalue weighted by atomic mass is 10.0. The topological polar surface area (TPSA) is 73.2 Å². The molecule has 2 aromatic carbocycles. The Morgan fingerprint density at radius 1 is 1.07 bits per heavy atom. The zero-order valence-corrected chi connectivity index (χ0v) is 17.8. The number of hydrogen-bond donors (Lipinski definition) is 1. The number of anilines is 1. The van der Waals surface area contributed by atoms with Gasteiger partial charge in [-0.1, -0.05) is 24.6 Å². The van der Waals surface area contributed by atoms with E-state index in [4.69, 9.17) is 4.74 Å². The SMILES string of the molecule is CCOc1ccc(NC(=O)[C@H](CC)n2nc(-c3cc(C)ccc3C)ccc2=O)cc1. The number of benzene rings is 2. The van der Waals surface area contributed by atoms with E-state index in [1.165, 1.54) is 10.7 Å². The molecule has 0 saturated heterocycles. The Labute approximate surface area is 176 Å². The second-order valence-corrected chi connectivity index (χ2v) is 7.19. The predicted molar refractivity (Wildman–Crippen MR) is 119 cm³/mol. The lowest BCUT2D eigenvalue weighted by molar-refractivity contribution is -0.119. The minimum absolute atomic E-state index is 0.283. The Bertz CT molecular complexity index is 1090. The fraction of sp³-hybridized carbons (Fsp3) is 0.292. The van der Waals surface area contributed by atoms with E-state index in [1.807, 2.05) is 45.9 Å². The first-order chi connectivity index (χ1) is 14.4. The quantitative estimate of drug-likeness (QED) is 0.627. The van der Waals surface area contributed by atoms with Crippen LogP contribution in [0.5, 0.6) is 5.75 Å². The van der Waals surface area contributed by atoms with Crippen LogP contribution in [0.2, 0.25) is 0 Å². The first-order valence-electron chi connectivity index (χ1n) is 10.1. The van der Waals surface area contributed by atoms with Gasteiger partial charge in [-0.25, -0.2) is 4.68 Å². The van der Waals surface area contributed by atoms with Crippen LogP contribution in [0.4, 0.5) is 5.69 Å². The van der Waals surface area contributed by atoms with Crippen molar-refractivity contribution in [2.24, 2.45) is 0 Å². The van der Waals surface area contributed by atoms with Gasteiger partial charge < -0.3 is 10.1 Å². The van der Waals surface area contributed by atoms with Crippen molar-refractivity contribution < 1.29 is 9.53 Å². The van der Waals surface area contributed by atoms with Crippen LogP contribution in [0, 0.1) is 13.8 Å². The fourth-order valence-electron chi connectivity index (χ4n) is 3.30. The number of hydrogen-bond acceptors (Lipinski definition) is 4. The number of carbonyl (C=O) groups excluding carboxylic acids is 1. The third-order valence-electron chi connectivity index (χ3n) is 4.91. The molecule has 0 aliphatic carbocycles. The molecule has 156 valence electrons. The first-order valence-corrected chi connectivity index (χ1v) is 10.1. The standard InChI is InChI=1S/C24H27N3O3/c1-5-22(24(29)25-18-9-11-19(12-10-18)30-6-2)27-23(28)14-13-21(26-27)20-15-16(3)7-8-17(20)4/h7-15,22H,5-6H2,1-4H3,(H,25,29)/t22-/m0/s1. The molecule has 0 radical (unpaired) electrons. The highest BCUT2D eigenvalue weighted by molar-refractivity contribution is 5.93. The molecular formula is C24H27N3O3. The summed E-state index contributed by atoms with van der Waals surface area (Å²) in [5.41, 5.74) is 4.12. The second-order valence-electron chi connectivity index (χ2n) is 7.19. The van der Waals surface area contributed by atoms with E-state index in [0.29, 0.717) is 24.4 Å². The number of aryl methyl sites for hydroxylation is 2. The lowest BCUT2D eigenvalue weighted by Crippen LogP contribution is -2.34. The molecule has 6 nitrogen and oxygen atoms in total. The molecule has 0 fully saturated rings. The average Bonchev–Trinajstić information content (AvgIpc) is 2.73. The molecule has 0 aliphatic heterocycles. The van der Waals surface area contributed by atoms with Gasteiger partial charge in [0.15, 0.2) is 0 Å². The summed E-state index contributed by atoms with van der Waals surface area (Å²) in [4.78, 5) is 25.5. The van der Waals surface area contributed by atoms with Gasteiger partial charge in [0.2, 0.25) is 5.91 Å². The minimum atomic E-state index is -0.714. The number of nitrogens with zero attached hydrogens (tertiary/aromatic N) is 2. The summed E-state index contributed by atoms with van der Waals surface area (Å²) in [7, 11) is 0. The van der Waals surface area contributed by atoms with E-state index in [9.17, 15) is 9.59 Å². The third-order valence-corrected chi connectivity index (χ3v) is 4.91. The van der Waals surface area contributed by atoms with Crippen molar-refractivity contribution >= 4 is 11.6 Å². The summed E-state index contributed by atoms with van der Waals surface area (Å²) in [5.74, 6) is 0.455. The van der Waals surface area contributed by atoms with Gasteiger partial charge in [-0.05, 0) is 69.2 Å². The summed E-state index contributed by atoms with van der Waals surface area (Å²) in [6, 6.07) is 15.7. The van der Waals surface area contributed by atoms with Gasteiger partial charge in [0.05, 0.1) is 12.3 Å². The summed E-state index contributed by atoms with van der Waals surface area (Å²) in [6.07, 6.45) is 0.437. The maximum atomic E-state index is 12.9. The van der Waals surface area contributed by atoms with Crippen molar-refractivity contribution in [1.29, 1.82) is 0 Å². The van der Waals surface area contributed by atoms with Crippen molar-refractivity contribution in [3.05, 3.63) is 76.1 Å². The minimum Gasteiger partial charge on any atom is -0.494 e. The molecule has 3 rings (SSSR count). The summed E-state index contributed by atoms with van der Waals surface area (Å²) >= 11 is 0. The largest absolute Gasteiger partial charge is 0.494 e. The Kier molecular flexibility index (Phi) is 6.67. The highest BCUT2D eigenvalue weighted by atomic mass is 16.5. The van der Waals surface area contributed by atoms with Gasteiger partial charge >= 0.3 is 0 Å². The highest BCUT2D eigenvalue weighted by Gasteiger charge is 2.22. The third kappa shape index (κ3) is 4.76. The molecule has 0 saturated carbocycles. The number of rotatable bonds is 7. The van der Waals surface area contributed by atoms with Crippen LogP contribution in [-0.2, 0) is 4.79 Å². The molecule has 1 N–H and O–H groups in total. The fourth-order valence-corrected chi connectivity index (χ4v) is 3.30. The van der Waals surface area contributed by atoms with E-state index >= 15 is 0 Å². The van der Waals surface area contributed by atoms with Crippen molar-refractivity contribution in [3.8, 4) is 17.0 Å². The summed E-state index contributed by atoms with van der Waals surface area (Å²) < 4.78 is 6.70. The molecular weight excluding hydrogens is 378 g/mol. The predicted octanol–water partition coefficient (Wildman–Crippen LogP) is 4.52. The zero-order valence-electron chi connectivity index (χ0n) is 17.8. The van der Waals surface area contributed by atoms with Crippen molar-refractivity contribution in [3.63, 3.8) is 0 Å². The van der Waals surface area contributed by atoms with Crippen molar-refractivity contribution in [2.45, 2.75) is 40.2 Å².